The van der Waals surface area contributed by atoms with Gasteiger partial charge >= 0.3 is 6.09 Å². The molecule has 3 nitrogen and oxygen atoms in total. The molecule has 0 aliphatic rings. The standard InChI is InChI=1S/C5H11NO2/c1-2-3-4-6-5(7)8/h6H,2-4H2,1H3,(H,7,8). The highest BCUT2D eigenvalue weighted by Gasteiger charge is 1.88. The molecule has 1 amide bonds. The summed E-state index contributed by atoms with van der Waals surface area (Å²) in [6.45, 7) is 2.59. The number of carboxylic acid groups (broad SMARTS) is 1. The first kappa shape index (κ1) is 7.27. The molecule has 48 valence electrons. The summed E-state index contributed by atoms with van der Waals surface area (Å²) in [5.41, 5.74) is 0. The first-order chi connectivity index (χ1) is 3.77. The van der Waals surface area contributed by atoms with E-state index in [4.69, 9.17) is 5.11 Å². The van der Waals surface area contributed by atoms with Crippen LogP contribution < -0.4 is 5.32 Å². The number of nitrogens with one attached hydrogen (secondary N) is 1. The van der Waals surface area contributed by atoms with Crippen molar-refractivity contribution in [2.24, 2.45) is 0 Å². The molecule has 0 aliphatic heterocycles. The van der Waals surface area contributed by atoms with Gasteiger partial charge in [-0.2, -0.15) is 0 Å². The van der Waals surface area contributed by atoms with Crippen molar-refractivity contribution in [3.63, 3.8) is 0 Å². The Morgan fingerprint density at radius 3 is 2.75 bits per heavy atom. The molecule has 0 radical (unpaired) electrons. The second-order valence-electron chi connectivity index (χ2n) is 1.59. The maximum Gasteiger partial charge on any atom is 0.404 e. The average Bonchev–Trinajstić information content (AvgIpc) is 1.66. The van der Waals surface area contributed by atoms with Gasteiger partial charge in [0.1, 0.15) is 0 Å². The zero-order chi connectivity index (χ0) is 6.41. The van der Waals surface area contributed by atoms with E-state index in [2.05, 4.69) is 5.32 Å². The fraction of sp³-hybridized carbons (Fsp3) is 0.800. The zero-order valence-corrected chi connectivity index (χ0v) is 4.98. The molecule has 0 heterocycles. The van der Waals surface area contributed by atoms with Gasteiger partial charge in [-0.3, -0.25) is 0 Å². The predicted molar refractivity (Wildman–Crippen MR) is 30.9 cm³/mol. The minimum Gasteiger partial charge on any atom is -0.465 e. The topological polar surface area (TPSA) is 49.3 Å². The molecule has 0 aromatic carbocycles. The molecule has 0 unspecified atom stereocenters. The third-order valence-electron chi connectivity index (χ3n) is 0.807. The molecule has 0 saturated carbocycles. The molecule has 0 aromatic rings. The fourth-order valence-corrected chi connectivity index (χ4v) is 0.372. The Bertz CT molecular complexity index is 72.8. The fourth-order valence-electron chi connectivity index (χ4n) is 0.372. The number of unbranched alkanes of at least 4 members (excludes halogenated alkanes) is 1. The summed E-state index contributed by atoms with van der Waals surface area (Å²) in [5, 5.41) is 10.3. The third-order valence-corrected chi connectivity index (χ3v) is 0.807. The van der Waals surface area contributed by atoms with Crippen molar-refractivity contribution < 1.29 is 9.90 Å². The largest absolute Gasteiger partial charge is 0.465 e. The molecule has 0 aliphatic carbocycles. The van der Waals surface area contributed by atoms with E-state index in [1.54, 1.807) is 0 Å². The lowest BCUT2D eigenvalue weighted by Crippen LogP contribution is -2.21. The van der Waals surface area contributed by atoms with Crippen LogP contribution in [-0.2, 0) is 0 Å². The SMILES string of the molecule is CCCCNC(=O)O. The Morgan fingerprint density at radius 2 is 2.38 bits per heavy atom. The van der Waals surface area contributed by atoms with E-state index < -0.39 is 6.09 Å². The molecule has 0 spiro atoms. The van der Waals surface area contributed by atoms with E-state index >= 15 is 0 Å². The summed E-state index contributed by atoms with van der Waals surface area (Å²) in [6, 6.07) is 0. The molecule has 0 saturated heterocycles. The third kappa shape index (κ3) is 5.27. The van der Waals surface area contributed by atoms with Crippen LogP contribution in [0.3, 0.4) is 0 Å². The van der Waals surface area contributed by atoms with Gasteiger partial charge in [0.2, 0.25) is 0 Å². The van der Waals surface area contributed by atoms with Gasteiger partial charge in [-0.25, -0.2) is 4.79 Å². The molecule has 0 bridgehead atoms. The number of amides is 1. The van der Waals surface area contributed by atoms with Crippen LogP contribution in [0.4, 0.5) is 4.79 Å². The number of hydrogen-bond donors (Lipinski definition) is 2. The normalized spacial score (nSPS) is 8.62. The van der Waals surface area contributed by atoms with Crippen LogP contribution >= 0.6 is 0 Å². The van der Waals surface area contributed by atoms with Crippen molar-refractivity contribution in [3.05, 3.63) is 0 Å². The summed E-state index contributed by atoms with van der Waals surface area (Å²) in [5.74, 6) is 0. The lowest BCUT2D eigenvalue weighted by Gasteiger charge is -1.94. The van der Waals surface area contributed by atoms with E-state index in [0.717, 1.165) is 12.8 Å². The summed E-state index contributed by atoms with van der Waals surface area (Å²) in [6.07, 6.45) is 1.02. The first-order valence-corrected chi connectivity index (χ1v) is 2.74. The highest BCUT2D eigenvalue weighted by atomic mass is 16.4. The van der Waals surface area contributed by atoms with Crippen LogP contribution in [0.15, 0.2) is 0 Å². The smallest absolute Gasteiger partial charge is 0.404 e. The first-order valence-electron chi connectivity index (χ1n) is 2.74. The Morgan fingerprint density at radius 1 is 1.75 bits per heavy atom. The Labute approximate surface area is 48.7 Å². The Kier molecular flexibility index (Phi) is 4.03. The molecule has 2 N–H and O–H groups in total. The summed E-state index contributed by atoms with van der Waals surface area (Å²) >= 11 is 0. The maximum absolute atomic E-state index is 9.76. The number of rotatable bonds is 3. The molecular formula is C5H11NO2. The Balaban J connectivity index is 2.82. The Hall–Kier alpha value is -0.730. The molecule has 0 atom stereocenters. The van der Waals surface area contributed by atoms with Gasteiger partial charge in [0.15, 0.2) is 0 Å². The lowest BCUT2D eigenvalue weighted by molar-refractivity contribution is 0.194. The van der Waals surface area contributed by atoms with Crippen LogP contribution in [-0.4, -0.2) is 17.7 Å². The minimum absolute atomic E-state index is 0.575. The maximum atomic E-state index is 9.76. The highest BCUT2D eigenvalue weighted by Crippen LogP contribution is 1.80. The summed E-state index contributed by atoms with van der Waals surface area (Å²) in [4.78, 5) is 9.76. The minimum atomic E-state index is -0.932. The molecular weight excluding hydrogens is 106 g/mol. The molecule has 0 rings (SSSR count). The van der Waals surface area contributed by atoms with Gasteiger partial charge < -0.3 is 10.4 Å². The van der Waals surface area contributed by atoms with Crippen LogP contribution in [0, 0.1) is 0 Å². The van der Waals surface area contributed by atoms with Crippen molar-refractivity contribution in [2.45, 2.75) is 19.8 Å². The van der Waals surface area contributed by atoms with Crippen molar-refractivity contribution >= 4 is 6.09 Å². The monoisotopic (exact) mass is 117 g/mol. The number of carbonyl (C=O) groups is 1. The molecule has 0 aromatic heterocycles. The predicted octanol–water partition coefficient (Wildman–Crippen LogP) is 1.05. The van der Waals surface area contributed by atoms with Gasteiger partial charge in [0.25, 0.3) is 0 Å². The molecule has 8 heavy (non-hydrogen) atoms. The van der Waals surface area contributed by atoms with E-state index in [9.17, 15) is 4.79 Å². The lowest BCUT2D eigenvalue weighted by atomic mass is 10.3. The molecule has 0 fully saturated rings. The van der Waals surface area contributed by atoms with Crippen LogP contribution in [0.2, 0.25) is 0 Å². The van der Waals surface area contributed by atoms with Crippen LogP contribution in [0.25, 0.3) is 0 Å². The average molecular weight is 117 g/mol. The number of hydrogen-bond acceptors (Lipinski definition) is 1. The van der Waals surface area contributed by atoms with Gasteiger partial charge in [0.05, 0.1) is 0 Å². The second kappa shape index (κ2) is 4.43. The highest BCUT2D eigenvalue weighted by molar-refractivity contribution is 5.64. The van der Waals surface area contributed by atoms with Gasteiger partial charge in [-0.15, -0.1) is 0 Å². The van der Waals surface area contributed by atoms with E-state index in [-0.39, 0.29) is 0 Å². The van der Waals surface area contributed by atoms with Crippen molar-refractivity contribution in [1.29, 1.82) is 0 Å². The van der Waals surface area contributed by atoms with Crippen LogP contribution in [0.5, 0.6) is 0 Å². The second-order valence-corrected chi connectivity index (χ2v) is 1.59. The molecule has 3 heteroatoms. The van der Waals surface area contributed by atoms with E-state index in [1.165, 1.54) is 0 Å². The summed E-state index contributed by atoms with van der Waals surface area (Å²) < 4.78 is 0. The van der Waals surface area contributed by atoms with Crippen molar-refractivity contribution in [1.82, 2.24) is 5.32 Å². The summed E-state index contributed by atoms with van der Waals surface area (Å²) in [7, 11) is 0. The van der Waals surface area contributed by atoms with Gasteiger partial charge in [-0.05, 0) is 6.42 Å². The van der Waals surface area contributed by atoms with Crippen molar-refractivity contribution in [2.75, 3.05) is 6.54 Å². The van der Waals surface area contributed by atoms with Gasteiger partial charge in [0, 0.05) is 6.54 Å². The van der Waals surface area contributed by atoms with E-state index in [0.29, 0.717) is 6.54 Å². The zero-order valence-electron chi connectivity index (χ0n) is 4.98. The van der Waals surface area contributed by atoms with E-state index in [1.807, 2.05) is 6.92 Å². The van der Waals surface area contributed by atoms with Crippen molar-refractivity contribution in [3.8, 4) is 0 Å². The quantitative estimate of drug-likeness (QED) is 0.543. The van der Waals surface area contributed by atoms with Gasteiger partial charge in [-0.1, -0.05) is 13.3 Å². The van der Waals surface area contributed by atoms with Crippen LogP contribution in [0.1, 0.15) is 19.8 Å².